The quantitative estimate of drug-likeness (QED) is 0.663. The molecule has 28 heavy (non-hydrogen) atoms. The highest BCUT2D eigenvalue weighted by Crippen LogP contribution is 2.20. The van der Waals surface area contributed by atoms with E-state index >= 15 is 0 Å². The van der Waals surface area contributed by atoms with E-state index in [-0.39, 0.29) is 11.7 Å². The van der Waals surface area contributed by atoms with E-state index in [1.54, 1.807) is 42.7 Å². The number of hydrogen-bond donors (Lipinski definition) is 0. The molecule has 3 aromatic rings. The number of hydrogen-bond acceptors (Lipinski definition) is 4. The molecule has 1 aliphatic rings. The van der Waals surface area contributed by atoms with E-state index in [1.165, 1.54) is 12.1 Å². The molecule has 1 aromatic heterocycles. The lowest BCUT2D eigenvalue weighted by Crippen LogP contribution is -2.48. The van der Waals surface area contributed by atoms with Crippen molar-refractivity contribution in [3.63, 3.8) is 0 Å². The van der Waals surface area contributed by atoms with Crippen LogP contribution in [-0.4, -0.2) is 46.9 Å². The van der Waals surface area contributed by atoms with Crippen LogP contribution in [-0.2, 0) is 6.54 Å². The monoisotopic (exact) mass is 399 g/mol. The lowest BCUT2D eigenvalue weighted by molar-refractivity contribution is 0.0627. The third-order valence-electron chi connectivity index (χ3n) is 4.76. The van der Waals surface area contributed by atoms with Crippen LogP contribution in [0.4, 0.5) is 4.39 Å². The fraction of sp³-hybridized carbons (Fsp3) is 0.238. The van der Waals surface area contributed by atoms with Crippen LogP contribution < -0.4 is 0 Å². The smallest absolute Gasteiger partial charge is 0.253 e. The second-order valence-electron chi connectivity index (χ2n) is 6.73. The number of halogens is 2. The number of nitrogens with zero attached hydrogens (tertiary/aromatic N) is 3. The minimum absolute atomic E-state index is 0.00202. The summed E-state index contributed by atoms with van der Waals surface area (Å²) in [6.45, 7) is 3.45. The summed E-state index contributed by atoms with van der Waals surface area (Å²) >= 11 is 5.98. The molecular formula is C21H19ClFN3O2. The van der Waals surface area contributed by atoms with Crippen molar-refractivity contribution in [2.75, 3.05) is 26.2 Å². The van der Waals surface area contributed by atoms with Crippen molar-refractivity contribution in [1.82, 2.24) is 14.8 Å². The Hall–Kier alpha value is -2.70. The molecule has 0 N–H and O–H groups in total. The molecule has 0 atom stereocenters. The summed E-state index contributed by atoms with van der Waals surface area (Å²) in [5, 5.41) is 0.562. The summed E-state index contributed by atoms with van der Waals surface area (Å²) in [7, 11) is 0. The third kappa shape index (κ3) is 4.24. The largest absolute Gasteiger partial charge is 0.444 e. The molecule has 1 fully saturated rings. The van der Waals surface area contributed by atoms with Crippen LogP contribution in [0.5, 0.6) is 0 Å². The number of rotatable bonds is 4. The Balaban J connectivity index is 1.33. The van der Waals surface area contributed by atoms with E-state index in [2.05, 4.69) is 9.88 Å². The summed E-state index contributed by atoms with van der Waals surface area (Å²) in [5.74, 6) is 0.188. The van der Waals surface area contributed by atoms with Gasteiger partial charge in [-0.1, -0.05) is 17.7 Å². The topological polar surface area (TPSA) is 49.6 Å². The Labute approximate surface area is 167 Å². The van der Waals surface area contributed by atoms with E-state index in [0.717, 1.165) is 24.3 Å². The maximum Gasteiger partial charge on any atom is 0.253 e. The first kappa shape index (κ1) is 18.7. The minimum Gasteiger partial charge on any atom is -0.444 e. The molecule has 144 valence electrons. The average Bonchev–Trinajstić information content (AvgIpc) is 3.17. The number of oxazole rings is 1. The van der Waals surface area contributed by atoms with Crippen LogP contribution in [0, 0.1) is 5.82 Å². The fourth-order valence-electron chi connectivity index (χ4n) is 3.25. The van der Waals surface area contributed by atoms with Crippen LogP contribution in [0.1, 0.15) is 16.1 Å². The van der Waals surface area contributed by atoms with Gasteiger partial charge in [-0.15, -0.1) is 0 Å². The van der Waals surface area contributed by atoms with Crippen LogP contribution >= 0.6 is 11.6 Å². The number of benzene rings is 2. The van der Waals surface area contributed by atoms with Crippen LogP contribution in [0.3, 0.4) is 0 Å². The average molecular weight is 400 g/mol. The number of carbonyl (C=O) groups is 1. The molecule has 1 aliphatic heterocycles. The molecule has 2 aromatic carbocycles. The summed E-state index contributed by atoms with van der Waals surface area (Å²) in [6, 6.07) is 13.1. The Morgan fingerprint density at radius 2 is 1.86 bits per heavy atom. The second-order valence-corrected chi connectivity index (χ2v) is 7.17. The molecule has 0 saturated carbocycles. The van der Waals surface area contributed by atoms with Gasteiger partial charge in [-0.2, -0.15) is 0 Å². The van der Waals surface area contributed by atoms with Gasteiger partial charge in [0.25, 0.3) is 5.91 Å². The van der Waals surface area contributed by atoms with Gasteiger partial charge in [0, 0.05) is 48.9 Å². The van der Waals surface area contributed by atoms with Crippen LogP contribution in [0.15, 0.2) is 59.2 Å². The van der Waals surface area contributed by atoms with Crippen molar-refractivity contribution in [1.29, 1.82) is 0 Å². The number of aromatic nitrogens is 1. The molecule has 5 nitrogen and oxygen atoms in total. The van der Waals surface area contributed by atoms with Crippen molar-refractivity contribution in [2.45, 2.75) is 6.54 Å². The number of piperazine rings is 1. The molecule has 1 amide bonds. The molecule has 7 heteroatoms. The summed E-state index contributed by atoms with van der Waals surface area (Å²) in [6.07, 6.45) is 1.63. The highest BCUT2D eigenvalue weighted by molar-refractivity contribution is 6.30. The summed E-state index contributed by atoms with van der Waals surface area (Å²) in [5.41, 5.74) is 2.17. The van der Waals surface area contributed by atoms with Crippen molar-refractivity contribution >= 4 is 17.5 Å². The molecule has 0 radical (unpaired) electrons. The molecule has 1 saturated heterocycles. The van der Waals surface area contributed by atoms with Gasteiger partial charge in [-0.3, -0.25) is 9.69 Å². The van der Waals surface area contributed by atoms with Gasteiger partial charge in [-0.05, 0) is 42.5 Å². The fourth-order valence-corrected chi connectivity index (χ4v) is 3.44. The zero-order valence-electron chi connectivity index (χ0n) is 15.1. The molecule has 0 spiro atoms. The van der Waals surface area contributed by atoms with E-state index in [9.17, 15) is 9.18 Å². The minimum atomic E-state index is -0.291. The molecule has 0 aliphatic carbocycles. The maximum atomic E-state index is 13.0. The third-order valence-corrected chi connectivity index (χ3v) is 4.99. The molecule has 0 bridgehead atoms. The van der Waals surface area contributed by atoms with Gasteiger partial charge in [0.15, 0.2) is 0 Å². The van der Waals surface area contributed by atoms with Gasteiger partial charge in [0.1, 0.15) is 12.1 Å². The summed E-state index contributed by atoms with van der Waals surface area (Å²) in [4.78, 5) is 21.2. The lowest BCUT2D eigenvalue weighted by Gasteiger charge is -2.34. The van der Waals surface area contributed by atoms with Crippen LogP contribution in [0.25, 0.3) is 11.5 Å². The van der Waals surface area contributed by atoms with Crippen molar-refractivity contribution in [3.8, 4) is 11.5 Å². The summed E-state index contributed by atoms with van der Waals surface area (Å²) < 4.78 is 18.6. The highest BCUT2D eigenvalue weighted by atomic mass is 35.5. The predicted molar refractivity (Wildman–Crippen MR) is 105 cm³/mol. The SMILES string of the molecule is O=C(c1cccc(Cl)c1)N1CCN(Cc2coc(-c3ccc(F)cc3)n2)CC1. The highest BCUT2D eigenvalue weighted by Gasteiger charge is 2.23. The molecular weight excluding hydrogens is 381 g/mol. The van der Waals surface area contributed by atoms with Crippen LogP contribution in [0.2, 0.25) is 5.02 Å². The first-order valence-electron chi connectivity index (χ1n) is 9.06. The normalized spacial score (nSPS) is 15.0. The molecule has 0 unspecified atom stereocenters. The standard InChI is InChI=1S/C21H19ClFN3O2/c22-17-3-1-2-16(12-17)21(27)26-10-8-25(9-11-26)13-19-14-28-20(24-19)15-4-6-18(23)7-5-15/h1-7,12,14H,8-11,13H2. The molecule has 2 heterocycles. The van der Waals surface area contributed by atoms with Gasteiger partial charge in [0.2, 0.25) is 5.89 Å². The van der Waals surface area contributed by atoms with E-state index in [4.69, 9.17) is 16.0 Å². The Morgan fingerprint density at radius 1 is 1.11 bits per heavy atom. The predicted octanol–water partition coefficient (Wildman–Crippen LogP) is 4.09. The molecule has 4 rings (SSSR count). The van der Waals surface area contributed by atoms with Gasteiger partial charge >= 0.3 is 0 Å². The maximum absolute atomic E-state index is 13.0. The van der Waals surface area contributed by atoms with Gasteiger partial charge in [-0.25, -0.2) is 9.37 Å². The Kier molecular flexibility index (Phi) is 5.41. The van der Waals surface area contributed by atoms with E-state index in [1.807, 2.05) is 4.90 Å². The van der Waals surface area contributed by atoms with Crippen molar-refractivity contribution in [2.24, 2.45) is 0 Å². The van der Waals surface area contributed by atoms with Gasteiger partial charge in [0.05, 0.1) is 5.69 Å². The van der Waals surface area contributed by atoms with Gasteiger partial charge < -0.3 is 9.32 Å². The second kappa shape index (κ2) is 8.12. The number of amides is 1. The van der Waals surface area contributed by atoms with E-state index < -0.39 is 0 Å². The zero-order valence-corrected chi connectivity index (χ0v) is 15.9. The Morgan fingerprint density at radius 3 is 2.57 bits per heavy atom. The zero-order chi connectivity index (χ0) is 19.5. The lowest BCUT2D eigenvalue weighted by atomic mass is 10.2. The first-order chi connectivity index (χ1) is 13.6. The van der Waals surface area contributed by atoms with Crippen molar-refractivity contribution < 1.29 is 13.6 Å². The van der Waals surface area contributed by atoms with E-state index in [0.29, 0.717) is 36.1 Å². The number of carbonyl (C=O) groups excluding carboxylic acids is 1. The first-order valence-corrected chi connectivity index (χ1v) is 9.44. The Bertz CT molecular complexity index is 966. The van der Waals surface area contributed by atoms with Crippen molar-refractivity contribution in [3.05, 3.63) is 76.9 Å².